The van der Waals surface area contributed by atoms with Crippen LogP contribution in [0.5, 0.6) is 0 Å². The molecule has 8 nitrogen and oxygen atoms in total. The van der Waals surface area contributed by atoms with Gasteiger partial charge in [0.1, 0.15) is 16.7 Å². The predicted octanol–water partition coefficient (Wildman–Crippen LogP) is 2.29. The van der Waals surface area contributed by atoms with Crippen LogP contribution in [0.4, 0.5) is 0 Å². The van der Waals surface area contributed by atoms with Crippen LogP contribution in [0.2, 0.25) is 5.15 Å². The smallest absolute Gasteiger partial charge is 0.332 e. The molecule has 0 spiro atoms. The van der Waals surface area contributed by atoms with Crippen molar-refractivity contribution in [3.05, 3.63) is 39.7 Å². The average molecular weight is 336 g/mol. The zero-order chi connectivity index (χ0) is 16.4. The van der Waals surface area contributed by atoms with E-state index in [1.165, 1.54) is 0 Å². The minimum absolute atomic E-state index is 0.210. The van der Waals surface area contributed by atoms with Gasteiger partial charge in [0, 0.05) is 18.8 Å². The molecular weight excluding hydrogens is 318 g/mol. The molecule has 0 aliphatic carbocycles. The van der Waals surface area contributed by atoms with Crippen LogP contribution in [0.1, 0.15) is 44.4 Å². The average Bonchev–Trinajstić information content (AvgIpc) is 3.23. The van der Waals surface area contributed by atoms with Gasteiger partial charge in [0.25, 0.3) is 0 Å². The minimum atomic E-state index is -0.340. The van der Waals surface area contributed by atoms with E-state index in [-0.39, 0.29) is 11.7 Å². The number of H-pyrrole nitrogens is 3. The number of hydrogen-bond acceptors (Lipinski definition) is 4. The molecule has 0 radical (unpaired) electrons. The van der Waals surface area contributed by atoms with Gasteiger partial charge in [-0.3, -0.25) is 4.98 Å². The number of aromatic amines is 3. The molecule has 3 N–H and O–H groups in total. The van der Waals surface area contributed by atoms with Gasteiger partial charge in [-0.1, -0.05) is 24.9 Å². The highest BCUT2D eigenvalue weighted by atomic mass is 35.5. The maximum Gasteiger partial charge on any atom is 0.340 e. The fourth-order valence-corrected chi connectivity index (χ4v) is 2.67. The summed E-state index contributed by atoms with van der Waals surface area (Å²) < 4.78 is 1.87. The molecule has 0 saturated carbocycles. The lowest BCUT2D eigenvalue weighted by molar-refractivity contribution is 0.606. The van der Waals surface area contributed by atoms with Gasteiger partial charge in [0.05, 0.1) is 6.04 Å². The Morgan fingerprint density at radius 2 is 2.22 bits per heavy atom. The summed E-state index contributed by atoms with van der Waals surface area (Å²) >= 11 is 6.29. The van der Waals surface area contributed by atoms with E-state index in [4.69, 9.17) is 11.6 Å². The number of unbranched alkanes of at least 4 members (excludes halogenated alkanes) is 1. The minimum Gasteiger partial charge on any atom is -0.332 e. The van der Waals surface area contributed by atoms with E-state index in [0.717, 1.165) is 25.1 Å². The molecule has 23 heavy (non-hydrogen) atoms. The molecule has 3 aromatic heterocycles. The summed E-state index contributed by atoms with van der Waals surface area (Å²) in [4.78, 5) is 25.9. The van der Waals surface area contributed by atoms with Crippen LogP contribution in [-0.2, 0) is 6.42 Å². The van der Waals surface area contributed by atoms with E-state index in [1.807, 2.05) is 17.7 Å². The van der Waals surface area contributed by atoms with Crippen molar-refractivity contribution in [2.24, 2.45) is 0 Å². The third-order valence-electron chi connectivity index (χ3n) is 3.69. The van der Waals surface area contributed by atoms with Crippen molar-refractivity contribution >= 4 is 11.6 Å². The largest absolute Gasteiger partial charge is 0.340 e. The molecule has 0 aromatic carbocycles. The molecule has 3 aromatic rings. The van der Waals surface area contributed by atoms with Crippen molar-refractivity contribution in [1.82, 2.24) is 34.7 Å². The molecule has 0 amide bonds. The first kappa shape index (κ1) is 15.5. The van der Waals surface area contributed by atoms with Crippen molar-refractivity contribution in [3.8, 4) is 11.5 Å². The Morgan fingerprint density at radius 3 is 2.91 bits per heavy atom. The standard InChI is InChI=1S/C14H18ClN7O/c1-3-4-5-9-17-10(11(15)18-9)13-16-6-7-22(13)8(2)12-19-14(23)21-20-12/h6-8H,3-5H2,1-2H3,(H,17,18)(H2,19,20,21,23)/t8-/m1/s1. The number of nitrogens with zero attached hydrogens (tertiary/aromatic N) is 4. The number of halogens is 1. The maximum atomic E-state index is 11.2. The Labute approximate surface area is 137 Å². The summed E-state index contributed by atoms with van der Waals surface area (Å²) in [7, 11) is 0. The fraction of sp³-hybridized carbons (Fsp3) is 0.429. The third-order valence-corrected chi connectivity index (χ3v) is 3.96. The van der Waals surface area contributed by atoms with Gasteiger partial charge in [-0.15, -0.1) is 0 Å². The zero-order valence-corrected chi connectivity index (χ0v) is 13.7. The monoisotopic (exact) mass is 335 g/mol. The number of hydrogen-bond donors (Lipinski definition) is 3. The van der Waals surface area contributed by atoms with Crippen LogP contribution in [0, 0.1) is 0 Å². The second kappa shape index (κ2) is 6.41. The Hall–Kier alpha value is -2.35. The number of nitrogens with one attached hydrogen (secondary N) is 3. The second-order valence-corrected chi connectivity index (χ2v) is 5.72. The van der Waals surface area contributed by atoms with E-state index >= 15 is 0 Å². The highest BCUT2D eigenvalue weighted by molar-refractivity contribution is 6.31. The van der Waals surface area contributed by atoms with Gasteiger partial charge in [-0.25, -0.2) is 19.9 Å². The zero-order valence-electron chi connectivity index (χ0n) is 12.9. The van der Waals surface area contributed by atoms with Gasteiger partial charge in [0.2, 0.25) is 0 Å². The number of aromatic nitrogens is 7. The summed E-state index contributed by atoms with van der Waals surface area (Å²) in [5.41, 5.74) is 0.265. The maximum absolute atomic E-state index is 11.2. The lowest BCUT2D eigenvalue weighted by Gasteiger charge is -2.12. The van der Waals surface area contributed by atoms with Crippen LogP contribution in [0.15, 0.2) is 17.2 Å². The van der Waals surface area contributed by atoms with Gasteiger partial charge < -0.3 is 9.55 Å². The van der Waals surface area contributed by atoms with Gasteiger partial charge in [-0.2, -0.15) is 5.10 Å². The fourth-order valence-electron chi connectivity index (χ4n) is 2.43. The molecule has 0 unspecified atom stereocenters. The number of imidazole rings is 2. The van der Waals surface area contributed by atoms with Crippen LogP contribution in [0.25, 0.3) is 11.5 Å². The topological polar surface area (TPSA) is 108 Å². The lowest BCUT2D eigenvalue weighted by Crippen LogP contribution is -2.11. The summed E-state index contributed by atoms with van der Waals surface area (Å²) in [5, 5.41) is 6.80. The molecule has 9 heteroatoms. The van der Waals surface area contributed by atoms with Crippen molar-refractivity contribution in [1.29, 1.82) is 0 Å². The quantitative estimate of drug-likeness (QED) is 0.642. The van der Waals surface area contributed by atoms with Crippen molar-refractivity contribution < 1.29 is 0 Å². The molecule has 122 valence electrons. The Morgan fingerprint density at radius 1 is 1.39 bits per heavy atom. The summed E-state index contributed by atoms with van der Waals surface area (Å²) in [6.45, 7) is 4.04. The molecule has 3 heterocycles. The van der Waals surface area contributed by atoms with Crippen LogP contribution < -0.4 is 5.69 Å². The van der Waals surface area contributed by atoms with Crippen LogP contribution in [0.3, 0.4) is 0 Å². The van der Waals surface area contributed by atoms with Crippen LogP contribution >= 0.6 is 11.6 Å². The van der Waals surface area contributed by atoms with Gasteiger partial charge >= 0.3 is 5.69 Å². The molecule has 0 aliphatic rings. The van der Waals surface area contributed by atoms with E-state index < -0.39 is 0 Å². The third kappa shape index (κ3) is 3.07. The van der Waals surface area contributed by atoms with E-state index in [2.05, 4.69) is 37.1 Å². The van der Waals surface area contributed by atoms with Gasteiger partial charge in [-0.05, 0) is 13.3 Å². The van der Waals surface area contributed by atoms with Crippen LogP contribution in [-0.4, -0.2) is 34.7 Å². The van der Waals surface area contributed by atoms with E-state index in [9.17, 15) is 4.79 Å². The van der Waals surface area contributed by atoms with Crippen molar-refractivity contribution in [2.75, 3.05) is 0 Å². The normalized spacial score (nSPS) is 12.7. The molecule has 0 fully saturated rings. The molecule has 0 saturated heterocycles. The summed E-state index contributed by atoms with van der Waals surface area (Å²) in [5.74, 6) is 2.00. The Kier molecular flexibility index (Phi) is 4.33. The van der Waals surface area contributed by atoms with Crippen molar-refractivity contribution in [2.45, 2.75) is 39.2 Å². The highest BCUT2D eigenvalue weighted by Gasteiger charge is 2.20. The molecule has 1 atom stereocenters. The van der Waals surface area contributed by atoms with Crippen molar-refractivity contribution in [3.63, 3.8) is 0 Å². The number of aryl methyl sites for hydroxylation is 1. The van der Waals surface area contributed by atoms with E-state index in [1.54, 1.807) is 6.20 Å². The SMILES string of the molecule is CCCCc1nc(-c2nccn2[C@H](C)c2n[nH]c(=O)[nH]2)c(Cl)[nH]1. The first-order chi connectivity index (χ1) is 11.1. The Balaban J connectivity index is 1.94. The molecule has 0 aliphatic heterocycles. The van der Waals surface area contributed by atoms with E-state index in [0.29, 0.717) is 22.5 Å². The first-order valence-electron chi connectivity index (χ1n) is 7.52. The summed E-state index contributed by atoms with van der Waals surface area (Å²) in [6, 6.07) is -0.210. The molecule has 0 bridgehead atoms. The first-order valence-corrected chi connectivity index (χ1v) is 7.90. The Bertz CT molecular complexity index is 843. The lowest BCUT2D eigenvalue weighted by atomic mass is 10.2. The highest BCUT2D eigenvalue weighted by Crippen LogP contribution is 2.28. The molecular formula is C14H18ClN7O. The molecule has 3 rings (SSSR count). The predicted molar refractivity (Wildman–Crippen MR) is 86.5 cm³/mol. The summed E-state index contributed by atoms with van der Waals surface area (Å²) in [6.07, 6.45) is 6.46. The second-order valence-electron chi connectivity index (χ2n) is 5.35. The van der Waals surface area contributed by atoms with Gasteiger partial charge in [0.15, 0.2) is 11.6 Å². The number of rotatable bonds is 6.